The summed E-state index contributed by atoms with van der Waals surface area (Å²) >= 11 is 0. The maximum Gasteiger partial charge on any atom is 0.224 e. The Balaban J connectivity index is 1.97. The molecule has 7 nitrogen and oxygen atoms in total. The Kier molecular flexibility index (Phi) is 4.85. The minimum atomic E-state index is -0.0780. The second kappa shape index (κ2) is 7.06. The molecule has 0 saturated carbocycles. The molecule has 2 heterocycles. The lowest BCUT2D eigenvalue weighted by Gasteiger charge is -2.39. The lowest BCUT2D eigenvalue weighted by molar-refractivity contribution is -0.117. The third-order valence-corrected chi connectivity index (χ3v) is 4.47. The summed E-state index contributed by atoms with van der Waals surface area (Å²) < 4.78 is 5.11. The number of nitrogens with two attached hydrogens (primary N) is 1. The van der Waals surface area contributed by atoms with Crippen molar-refractivity contribution in [2.24, 2.45) is 10.7 Å². The molecule has 7 heteroatoms. The van der Waals surface area contributed by atoms with Crippen LogP contribution in [0.5, 0.6) is 0 Å². The molecule has 2 aliphatic heterocycles. The summed E-state index contributed by atoms with van der Waals surface area (Å²) in [4.78, 5) is 31.3. The maximum atomic E-state index is 12.0. The number of hydrogen-bond acceptors (Lipinski definition) is 5. The monoisotopic (exact) mass is 342 g/mol. The number of rotatable bonds is 4. The summed E-state index contributed by atoms with van der Waals surface area (Å²) in [6, 6.07) is 5.70. The number of nitrogens with zero attached hydrogens (tertiary/aromatic N) is 3. The molecule has 1 aromatic rings. The zero-order valence-corrected chi connectivity index (χ0v) is 14.4. The van der Waals surface area contributed by atoms with Gasteiger partial charge in [0.1, 0.15) is 0 Å². The van der Waals surface area contributed by atoms with Crippen LogP contribution in [0.25, 0.3) is 5.57 Å². The van der Waals surface area contributed by atoms with Crippen LogP contribution < -0.4 is 15.5 Å². The predicted octanol–water partition coefficient (Wildman–Crippen LogP) is 1.17. The number of benzene rings is 1. The van der Waals surface area contributed by atoms with Gasteiger partial charge in [-0.1, -0.05) is 6.07 Å². The molecule has 1 saturated heterocycles. The first-order valence-electron chi connectivity index (χ1n) is 8.24. The van der Waals surface area contributed by atoms with Gasteiger partial charge in [0.15, 0.2) is 0 Å². The van der Waals surface area contributed by atoms with Crippen molar-refractivity contribution in [2.75, 3.05) is 29.6 Å². The van der Waals surface area contributed by atoms with Gasteiger partial charge in [0, 0.05) is 31.5 Å². The number of carbonyl (C=O) groups is 2. The van der Waals surface area contributed by atoms with Crippen LogP contribution in [0.15, 0.2) is 29.4 Å². The predicted molar refractivity (Wildman–Crippen MR) is 97.7 cm³/mol. The molecule has 1 unspecified atom stereocenters. The lowest BCUT2D eigenvalue weighted by atomic mass is 10.0. The average Bonchev–Trinajstić information content (AvgIpc) is 2.55. The molecule has 1 atom stereocenters. The van der Waals surface area contributed by atoms with Crippen LogP contribution in [0.1, 0.15) is 19.4 Å². The number of ether oxygens (including phenoxy) is 1. The zero-order chi connectivity index (χ0) is 18.0. The molecule has 3 rings (SSSR count). The fourth-order valence-electron chi connectivity index (χ4n) is 3.13. The van der Waals surface area contributed by atoms with E-state index in [0.29, 0.717) is 25.4 Å². The summed E-state index contributed by atoms with van der Waals surface area (Å²) in [7, 11) is 0. The van der Waals surface area contributed by atoms with Gasteiger partial charge in [-0.15, -0.1) is 0 Å². The molecule has 0 aliphatic carbocycles. The molecule has 0 aromatic heterocycles. The van der Waals surface area contributed by atoms with Crippen molar-refractivity contribution in [3.8, 4) is 0 Å². The highest BCUT2D eigenvalue weighted by Crippen LogP contribution is 2.36. The third kappa shape index (κ3) is 3.28. The van der Waals surface area contributed by atoms with E-state index in [2.05, 4.69) is 4.99 Å². The van der Waals surface area contributed by atoms with Crippen LogP contribution in [0, 0.1) is 0 Å². The SMILES string of the molecule is CC(=O)N1c2ccc(C(C=NC3COC3)=CN)cc2N(C=O)CC1C. The Hall–Kier alpha value is -2.67. The molecule has 0 bridgehead atoms. The number of fused-ring (bicyclic) bond motifs is 1. The first-order chi connectivity index (χ1) is 12.0. The fourth-order valence-corrected chi connectivity index (χ4v) is 3.13. The quantitative estimate of drug-likeness (QED) is 0.657. The van der Waals surface area contributed by atoms with Crippen molar-refractivity contribution in [2.45, 2.75) is 25.9 Å². The van der Waals surface area contributed by atoms with Gasteiger partial charge in [0.2, 0.25) is 12.3 Å². The summed E-state index contributed by atoms with van der Waals surface area (Å²) in [6.45, 7) is 5.16. The maximum absolute atomic E-state index is 12.0. The number of carbonyl (C=O) groups excluding carboxylic acids is 2. The highest BCUT2D eigenvalue weighted by molar-refractivity contribution is 6.11. The molecule has 25 heavy (non-hydrogen) atoms. The average molecular weight is 342 g/mol. The van der Waals surface area contributed by atoms with Crippen LogP contribution in [-0.4, -0.2) is 50.4 Å². The zero-order valence-electron chi connectivity index (χ0n) is 14.4. The van der Waals surface area contributed by atoms with Gasteiger partial charge >= 0.3 is 0 Å². The number of aliphatic imine (C=N–C) groups is 1. The minimum absolute atomic E-state index is 0.0480. The molecule has 0 spiro atoms. The van der Waals surface area contributed by atoms with Crippen molar-refractivity contribution < 1.29 is 14.3 Å². The minimum Gasteiger partial charge on any atom is -0.404 e. The van der Waals surface area contributed by atoms with Crippen LogP contribution >= 0.6 is 0 Å². The summed E-state index contributed by atoms with van der Waals surface area (Å²) in [5.74, 6) is -0.0480. The number of amides is 2. The molecule has 1 aromatic carbocycles. The van der Waals surface area contributed by atoms with E-state index in [1.165, 1.54) is 13.1 Å². The van der Waals surface area contributed by atoms with Gasteiger partial charge in [0.05, 0.1) is 36.7 Å². The summed E-state index contributed by atoms with van der Waals surface area (Å²) in [6.07, 6.45) is 4.01. The molecule has 2 N–H and O–H groups in total. The van der Waals surface area contributed by atoms with Gasteiger partial charge in [-0.25, -0.2) is 0 Å². The molecule has 132 valence electrons. The Labute approximate surface area is 146 Å². The van der Waals surface area contributed by atoms with Crippen LogP contribution in [0.4, 0.5) is 11.4 Å². The summed E-state index contributed by atoms with van der Waals surface area (Å²) in [5.41, 5.74) is 8.78. The van der Waals surface area contributed by atoms with Crippen molar-refractivity contribution in [1.82, 2.24) is 0 Å². The highest BCUT2D eigenvalue weighted by atomic mass is 16.5. The van der Waals surface area contributed by atoms with Crippen molar-refractivity contribution in [3.63, 3.8) is 0 Å². The van der Waals surface area contributed by atoms with E-state index in [4.69, 9.17) is 10.5 Å². The molecule has 2 amide bonds. The van der Waals surface area contributed by atoms with Crippen molar-refractivity contribution in [1.29, 1.82) is 0 Å². The topological polar surface area (TPSA) is 88.2 Å². The van der Waals surface area contributed by atoms with Gasteiger partial charge in [-0.05, 0) is 24.6 Å². The van der Waals surface area contributed by atoms with Gasteiger partial charge in [0.25, 0.3) is 0 Å². The van der Waals surface area contributed by atoms with Crippen LogP contribution in [-0.2, 0) is 14.3 Å². The van der Waals surface area contributed by atoms with Crippen molar-refractivity contribution >= 4 is 35.5 Å². The number of allylic oxidation sites excluding steroid dienone is 1. The van der Waals surface area contributed by atoms with Crippen LogP contribution in [0.3, 0.4) is 0 Å². The lowest BCUT2D eigenvalue weighted by Crippen LogP contribution is -2.49. The molecule has 1 fully saturated rings. The van der Waals surface area contributed by atoms with E-state index >= 15 is 0 Å². The van der Waals surface area contributed by atoms with Crippen molar-refractivity contribution in [3.05, 3.63) is 30.0 Å². The Morgan fingerprint density at radius 1 is 1.36 bits per heavy atom. The summed E-state index contributed by atoms with van der Waals surface area (Å²) in [5, 5.41) is 0. The molecule has 0 radical (unpaired) electrons. The van der Waals surface area contributed by atoms with Gasteiger partial charge < -0.3 is 20.3 Å². The fraction of sp³-hybridized carbons (Fsp3) is 0.389. The number of hydrogen-bond donors (Lipinski definition) is 1. The van der Waals surface area contributed by atoms with E-state index in [1.54, 1.807) is 16.0 Å². The largest absolute Gasteiger partial charge is 0.404 e. The second-order valence-corrected chi connectivity index (χ2v) is 6.29. The van der Waals surface area contributed by atoms with E-state index in [-0.39, 0.29) is 18.0 Å². The first-order valence-corrected chi connectivity index (χ1v) is 8.24. The standard InChI is InChI=1S/C18H22N4O3/c1-12-8-21(11-23)18-5-14(3-4-17(18)22(12)13(2)24)15(6-19)7-20-16-9-25-10-16/h3-7,11-12,16H,8-10,19H2,1-2H3. The molecular weight excluding hydrogens is 320 g/mol. The Morgan fingerprint density at radius 3 is 2.68 bits per heavy atom. The van der Waals surface area contributed by atoms with E-state index in [9.17, 15) is 9.59 Å². The van der Waals surface area contributed by atoms with E-state index in [1.807, 2.05) is 25.1 Å². The Bertz CT molecular complexity index is 740. The first kappa shape index (κ1) is 17.2. The second-order valence-electron chi connectivity index (χ2n) is 6.29. The number of anilines is 2. The van der Waals surface area contributed by atoms with Crippen LogP contribution in [0.2, 0.25) is 0 Å². The third-order valence-electron chi connectivity index (χ3n) is 4.47. The highest BCUT2D eigenvalue weighted by Gasteiger charge is 2.30. The van der Waals surface area contributed by atoms with E-state index in [0.717, 1.165) is 23.2 Å². The normalized spacial score (nSPS) is 21.2. The van der Waals surface area contributed by atoms with Gasteiger partial charge in [-0.2, -0.15) is 0 Å². The van der Waals surface area contributed by atoms with Gasteiger partial charge in [-0.3, -0.25) is 14.6 Å². The molecular formula is C18H22N4O3. The smallest absolute Gasteiger partial charge is 0.224 e. The molecule has 2 aliphatic rings. The van der Waals surface area contributed by atoms with E-state index < -0.39 is 0 Å². The Morgan fingerprint density at radius 2 is 2.12 bits per heavy atom.